The molecule has 1 rings (SSSR count). The van der Waals surface area contributed by atoms with Crippen LogP contribution in [-0.2, 0) is 4.79 Å². The summed E-state index contributed by atoms with van der Waals surface area (Å²) in [5.74, 6) is 0.101. The second kappa shape index (κ2) is 6.05. The van der Waals surface area contributed by atoms with Gasteiger partial charge in [-0.15, -0.1) is 0 Å². The molecule has 106 valence electrons. The summed E-state index contributed by atoms with van der Waals surface area (Å²) in [5, 5.41) is 7.08. The predicted octanol–water partition coefficient (Wildman–Crippen LogP) is 2.99. The minimum atomic E-state index is 0.101. The van der Waals surface area contributed by atoms with Crippen molar-refractivity contribution in [3.8, 4) is 0 Å². The Labute approximate surface area is 112 Å². The summed E-state index contributed by atoms with van der Waals surface area (Å²) in [6.07, 6.45) is 6.62. The average Bonchev–Trinajstić information content (AvgIpc) is 2.37. The Bertz CT molecular complexity index is 260. The van der Waals surface area contributed by atoms with E-state index >= 15 is 0 Å². The zero-order chi connectivity index (χ0) is 13.8. The van der Waals surface area contributed by atoms with Gasteiger partial charge in [0.15, 0.2) is 0 Å². The number of hydrogen-bond donors (Lipinski definition) is 2. The Balaban J connectivity index is 2.94. The second-order valence-corrected chi connectivity index (χ2v) is 5.91. The fourth-order valence-electron chi connectivity index (χ4n) is 3.50. The Kier molecular flexibility index (Phi) is 5.20. The van der Waals surface area contributed by atoms with Crippen LogP contribution in [0.1, 0.15) is 73.1 Å². The monoisotopic (exact) mass is 254 g/mol. The Morgan fingerprint density at radius 2 is 1.44 bits per heavy atom. The van der Waals surface area contributed by atoms with Crippen LogP contribution in [0.4, 0.5) is 0 Å². The summed E-state index contributed by atoms with van der Waals surface area (Å²) in [6, 6.07) is 0.323. The fourth-order valence-corrected chi connectivity index (χ4v) is 3.50. The van der Waals surface area contributed by atoms with E-state index in [1.165, 1.54) is 0 Å². The first-order valence-electron chi connectivity index (χ1n) is 7.51. The molecular formula is C15H30N2O. The molecule has 0 radical (unpaired) electrons. The zero-order valence-corrected chi connectivity index (χ0v) is 12.7. The molecule has 1 saturated heterocycles. The number of carbonyl (C=O) groups excluding carboxylic acids is 1. The molecule has 1 amide bonds. The lowest BCUT2D eigenvalue weighted by molar-refractivity contribution is -0.120. The molecule has 0 aromatic carbocycles. The molecule has 3 heteroatoms. The highest BCUT2D eigenvalue weighted by Gasteiger charge is 2.44. The fraction of sp³-hybridized carbons (Fsp3) is 0.933. The number of piperidine rings is 1. The van der Waals surface area contributed by atoms with Gasteiger partial charge in [0.2, 0.25) is 5.91 Å². The molecule has 0 unspecified atom stereocenters. The standard InChI is InChI=1S/C15H30N2O/c1-6-14(7-2)10-13(16-12(5)18)11-15(8-3,9-4)17-14/h13,17H,6-11H2,1-5H3,(H,16,18). The van der Waals surface area contributed by atoms with Gasteiger partial charge in [0.05, 0.1) is 0 Å². The van der Waals surface area contributed by atoms with Gasteiger partial charge < -0.3 is 10.6 Å². The van der Waals surface area contributed by atoms with Crippen LogP contribution in [0.5, 0.6) is 0 Å². The van der Waals surface area contributed by atoms with E-state index in [4.69, 9.17) is 0 Å². The molecule has 0 saturated carbocycles. The molecule has 0 bridgehead atoms. The number of amides is 1. The molecule has 1 aliphatic rings. The minimum Gasteiger partial charge on any atom is -0.353 e. The number of carbonyl (C=O) groups is 1. The average molecular weight is 254 g/mol. The van der Waals surface area contributed by atoms with Gasteiger partial charge in [-0.25, -0.2) is 0 Å². The van der Waals surface area contributed by atoms with Crippen LogP contribution >= 0.6 is 0 Å². The number of nitrogens with one attached hydrogen (secondary N) is 2. The van der Waals surface area contributed by atoms with Crippen LogP contribution in [0, 0.1) is 0 Å². The van der Waals surface area contributed by atoms with Gasteiger partial charge in [0.1, 0.15) is 0 Å². The topological polar surface area (TPSA) is 41.1 Å². The van der Waals surface area contributed by atoms with Crippen molar-refractivity contribution in [1.82, 2.24) is 10.6 Å². The molecule has 1 fully saturated rings. The predicted molar refractivity (Wildman–Crippen MR) is 76.6 cm³/mol. The van der Waals surface area contributed by atoms with Crippen LogP contribution < -0.4 is 10.6 Å². The molecule has 0 aromatic heterocycles. The van der Waals surface area contributed by atoms with Crippen molar-refractivity contribution in [1.29, 1.82) is 0 Å². The van der Waals surface area contributed by atoms with Gasteiger partial charge in [0.25, 0.3) is 0 Å². The summed E-state index contributed by atoms with van der Waals surface area (Å²) in [6.45, 7) is 10.6. The highest BCUT2D eigenvalue weighted by atomic mass is 16.1. The first-order valence-corrected chi connectivity index (χ1v) is 7.51. The van der Waals surface area contributed by atoms with Gasteiger partial charge in [0, 0.05) is 24.0 Å². The van der Waals surface area contributed by atoms with Crippen molar-refractivity contribution in [3.63, 3.8) is 0 Å². The van der Waals surface area contributed by atoms with E-state index in [0.29, 0.717) is 6.04 Å². The van der Waals surface area contributed by atoms with Gasteiger partial charge in [-0.05, 0) is 38.5 Å². The number of rotatable bonds is 5. The molecule has 0 spiro atoms. The van der Waals surface area contributed by atoms with Gasteiger partial charge >= 0.3 is 0 Å². The van der Waals surface area contributed by atoms with Crippen LogP contribution in [0.2, 0.25) is 0 Å². The van der Waals surface area contributed by atoms with Crippen molar-refractivity contribution in [3.05, 3.63) is 0 Å². The van der Waals surface area contributed by atoms with E-state index in [-0.39, 0.29) is 17.0 Å². The molecule has 0 aliphatic carbocycles. The third-order valence-electron chi connectivity index (χ3n) is 4.92. The van der Waals surface area contributed by atoms with Crippen LogP contribution in [0.25, 0.3) is 0 Å². The van der Waals surface area contributed by atoms with Gasteiger partial charge in [-0.3, -0.25) is 4.79 Å². The van der Waals surface area contributed by atoms with Gasteiger partial charge in [-0.1, -0.05) is 27.7 Å². The van der Waals surface area contributed by atoms with Crippen molar-refractivity contribution < 1.29 is 4.79 Å². The zero-order valence-electron chi connectivity index (χ0n) is 12.7. The summed E-state index contributed by atoms with van der Waals surface area (Å²) < 4.78 is 0. The quantitative estimate of drug-likeness (QED) is 0.792. The van der Waals surface area contributed by atoms with Crippen LogP contribution in [0.15, 0.2) is 0 Å². The van der Waals surface area contributed by atoms with E-state index in [1.54, 1.807) is 6.92 Å². The summed E-state index contributed by atoms with van der Waals surface area (Å²) in [7, 11) is 0. The second-order valence-electron chi connectivity index (χ2n) is 5.91. The molecule has 0 aromatic rings. The van der Waals surface area contributed by atoms with Crippen molar-refractivity contribution in [2.24, 2.45) is 0 Å². The summed E-state index contributed by atoms with van der Waals surface area (Å²) in [5.41, 5.74) is 0.384. The molecule has 18 heavy (non-hydrogen) atoms. The normalized spacial score (nSPS) is 22.7. The van der Waals surface area contributed by atoms with Crippen molar-refractivity contribution in [2.75, 3.05) is 0 Å². The van der Waals surface area contributed by atoms with E-state index in [2.05, 4.69) is 38.3 Å². The molecule has 1 heterocycles. The summed E-state index contributed by atoms with van der Waals surface area (Å²) in [4.78, 5) is 11.4. The highest BCUT2D eigenvalue weighted by molar-refractivity contribution is 5.73. The first kappa shape index (κ1) is 15.5. The Morgan fingerprint density at radius 3 is 1.72 bits per heavy atom. The van der Waals surface area contributed by atoms with Crippen molar-refractivity contribution >= 4 is 5.91 Å². The molecule has 0 atom stereocenters. The van der Waals surface area contributed by atoms with Crippen molar-refractivity contribution in [2.45, 2.75) is 90.3 Å². The minimum absolute atomic E-state index is 0.101. The smallest absolute Gasteiger partial charge is 0.217 e. The maximum Gasteiger partial charge on any atom is 0.217 e. The Morgan fingerprint density at radius 1 is 1.06 bits per heavy atom. The lowest BCUT2D eigenvalue weighted by Gasteiger charge is -2.52. The Hall–Kier alpha value is -0.570. The van der Waals surface area contributed by atoms with E-state index < -0.39 is 0 Å². The largest absolute Gasteiger partial charge is 0.353 e. The van der Waals surface area contributed by atoms with E-state index in [0.717, 1.165) is 38.5 Å². The van der Waals surface area contributed by atoms with Gasteiger partial charge in [-0.2, -0.15) is 0 Å². The molecule has 1 aliphatic heterocycles. The SMILES string of the molecule is CCC1(CC)CC(NC(C)=O)CC(CC)(CC)N1. The summed E-state index contributed by atoms with van der Waals surface area (Å²) >= 11 is 0. The van der Waals surface area contributed by atoms with E-state index in [1.807, 2.05) is 0 Å². The molecule has 3 nitrogen and oxygen atoms in total. The first-order chi connectivity index (χ1) is 8.44. The number of hydrogen-bond acceptors (Lipinski definition) is 2. The van der Waals surface area contributed by atoms with E-state index in [9.17, 15) is 4.79 Å². The lowest BCUT2D eigenvalue weighted by atomic mass is 9.71. The third-order valence-corrected chi connectivity index (χ3v) is 4.92. The molecular weight excluding hydrogens is 224 g/mol. The molecule has 2 N–H and O–H groups in total. The highest BCUT2D eigenvalue weighted by Crippen LogP contribution is 2.37. The maximum atomic E-state index is 11.4. The maximum absolute atomic E-state index is 11.4. The van der Waals surface area contributed by atoms with Crippen LogP contribution in [-0.4, -0.2) is 23.0 Å². The van der Waals surface area contributed by atoms with Crippen LogP contribution in [0.3, 0.4) is 0 Å². The third kappa shape index (κ3) is 3.25. The lowest BCUT2D eigenvalue weighted by Crippen LogP contribution is -2.66.